The first kappa shape index (κ1) is 18.4. The molecule has 1 heterocycles. The highest BCUT2D eigenvalue weighted by atomic mass is 79.9. The van der Waals surface area contributed by atoms with E-state index in [0.717, 1.165) is 19.6 Å². The molecule has 0 radical (unpaired) electrons. The maximum absolute atomic E-state index is 3.75. The lowest BCUT2D eigenvalue weighted by atomic mass is 9.86. The quantitative estimate of drug-likeness (QED) is 0.538. The van der Waals surface area contributed by atoms with Crippen molar-refractivity contribution in [1.82, 2.24) is 10.2 Å². The summed E-state index contributed by atoms with van der Waals surface area (Å²) in [7, 11) is 0. The summed E-state index contributed by atoms with van der Waals surface area (Å²) in [5.41, 5.74) is 4.11. The van der Waals surface area contributed by atoms with Crippen LogP contribution in [0.15, 0.2) is 89.4 Å². The third-order valence-electron chi connectivity index (χ3n) is 5.39. The molecule has 1 saturated heterocycles. The molecule has 2 atom stereocenters. The Balaban J connectivity index is 1.43. The Morgan fingerprint density at radius 1 is 0.815 bits per heavy atom. The Hall–Kier alpha value is -1.94. The molecule has 4 rings (SSSR count). The van der Waals surface area contributed by atoms with Gasteiger partial charge in [0.25, 0.3) is 0 Å². The molecule has 0 aliphatic carbocycles. The molecule has 1 aliphatic rings. The first-order chi connectivity index (χ1) is 13.3. The minimum absolute atomic E-state index is 0.476. The summed E-state index contributed by atoms with van der Waals surface area (Å²) in [5, 5.41) is 3.65. The van der Waals surface area contributed by atoms with E-state index in [1.807, 2.05) is 0 Å². The highest BCUT2D eigenvalue weighted by Crippen LogP contribution is 2.42. The van der Waals surface area contributed by atoms with Gasteiger partial charge in [0, 0.05) is 36.2 Å². The molecule has 2 nitrogen and oxygen atoms in total. The van der Waals surface area contributed by atoms with E-state index in [1.54, 1.807) is 0 Å². The van der Waals surface area contributed by atoms with Crippen LogP contribution in [0.25, 0.3) is 0 Å². The van der Waals surface area contributed by atoms with E-state index in [9.17, 15) is 0 Å². The van der Waals surface area contributed by atoms with Crippen molar-refractivity contribution in [3.05, 3.63) is 106 Å². The summed E-state index contributed by atoms with van der Waals surface area (Å²) < 4.78 is 1.21. The number of nitrogens with one attached hydrogen (secondary N) is 1. The molecule has 0 spiro atoms. The minimum Gasteiger partial charge on any atom is -0.311 e. The van der Waals surface area contributed by atoms with Gasteiger partial charge in [-0.25, -0.2) is 0 Å². The number of nitrogens with zero attached hydrogens (tertiary/aromatic N) is 1. The van der Waals surface area contributed by atoms with Crippen LogP contribution >= 0.6 is 15.9 Å². The van der Waals surface area contributed by atoms with Gasteiger partial charge in [-0.2, -0.15) is 0 Å². The fourth-order valence-electron chi connectivity index (χ4n) is 3.91. The van der Waals surface area contributed by atoms with Crippen molar-refractivity contribution in [2.45, 2.75) is 31.6 Å². The van der Waals surface area contributed by atoms with Crippen LogP contribution in [0.1, 0.15) is 29.2 Å². The van der Waals surface area contributed by atoms with Gasteiger partial charge in [0.05, 0.1) is 0 Å². The monoisotopic (exact) mass is 420 g/mol. The summed E-state index contributed by atoms with van der Waals surface area (Å²) in [6.45, 7) is 2.93. The summed E-state index contributed by atoms with van der Waals surface area (Å²) in [6, 6.07) is 31.1. The molecule has 1 fully saturated rings. The van der Waals surface area contributed by atoms with E-state index in [2.05, 4.69) is 111 Å². The zero-order valence-electron chi connectivity index (χ0n) is 15.4. The smallest absolute Gasteiger partial charge is 0.0381 e. The second-order valence-electron chi connectivity index (χ2n) is 7.20. The Labute approximate surface area is 170 Å². The van der Waals surface area contributed by atoms with Crippen molar-refractivity contribution in [3.63, 3.8) is 0 Å². The van der Waals surface area contributed by atoms with E-state index >= 15 is 0 Å². The lowest BCUT2D eigenvalue weighted by Crippen LogP contribution is -2.54. The Morgan fingerprint density at radius 3 is 2.15 bits per heavy atom. The maximum atomic E-state index is 3.75. The van der Waals surface area contributed by atoms with Gasteiger partial charge in [0.15, 0.2) is 0 Å². The van der Waals surface area contributed by atoms with Crippen LogP contribution in [0, 0.1) is 0 Å². The highest BCUT2D eigenvalue weighted by Gasteiger charge is 2.39. The predicted octanol–water partition coefficient (Wildman–Crippen LogP) is 5.55. The Bertz CT molecular complexity index is 851. The number of rotatable bonds is 7. The fraction of sp³-hybridized carbons (Fsp3) is 0.250. The van der Waals surface area contributed by atoms with Crippen molar-refractivity contribution in [2.75, 3.05) is 6.54 Å². The van der Waals surface area contributed by atoms with Gasteiger partial charge in [0.2, 0.25) is 0 Å². The minimum atomic E-state index is 0.476. The van der Waals surface area contributed by atoms with Crippen LogP contribution in [0.5, 0.6) is 0 Å². The molecule has 0 aromatic heterocycles. The summed E-state index contributed by atoms with van der Waals surface area (Å²) >= 11 is 3.75. The zero-order chi connectivity index (χ0) is 18.5. The molecule has 0 saturated carbocycles. The van der Waals surface area contributed by atoms with Crippen LogP contribution in [0.2, 0.25) is 0 Å². The fourth-order valence-corrected chi connectivity index (χ4v) is 4.46. The molecule has 3 aromatic rings. The second-order valence-corrected chi connectivity index (χ2v) is 8.06. The van der Waals surface area contributed by atoms with Crippen molar-refractivity contribution in [3.8, 4) is 0 Å². The molecule has 1 aliphatic heterocycles. The molecular weight excluding hydrogens is 396 g/mol. The predicted molar refractivity (Wildman–Crippen MR) is 115 cm³/mol. The average Bonchev–Trinajstić information content (AvgIpc) is 2.71. The van der Waals surface area contributed by atoms with Gasteiger partial charge < -0.3 is 5.32 Å². The molecular formula is C24H25BrN2. The standard InChI is InChI=1S/C24H25BrN2/c25-23-14-8-7-13-22(23)24-15-21(17-26-16-19-9-3-1-4-10-19)27(24)18-20-11-5-2-6-12-20/h1-14,21,24,26H,15-18H2/t21-,24+/m0/s1. The number of hydrogen-bond donors (Lipinski definition) is 1. The van der Waals surface area contributed by atoms with Crippen molar-refractivity contribution >= 4 is 15.9 Å². The third kappa shape index (κ3) is 4.49. The molecule has 0 amide bonds. The zero-order valence-corrected chi connectivity index (χ0v) is 17.0. The number of benzene rings is 3. The lowest BCUT2D eigenvalue weighted by molar-refractivity contribution is 0.00517. The molecule has 3 aromatic carbocycles. The Morgan fingerprint density at radius 2 is 1.44 bits per heavy atom. The van der Waals surface area contributed by atoms with E-state index < -0.39 is 0 Å². The van der Waals surface area contributed by atoms with E-state index in [-0.39, 0.29) is 0 Å². The molecule has 3 heteroatoms. The molecule has 0 unspecified atom stereocenters. The van der Waals surface area contributed by atoms with Gasteiger partial charge in [0.1, 0.15) is 0 Å². The van der Waals surface area contributed by atoms with Crippen molar-refractivity contribution in [2.24, 2.45) is 0 Å². The molecule has 0 bridgehead atoms. The lowest BCUT2D eigenvalue weighted by Gasteiger charge is -2.49. The van der Waals surface area contributed by atoms with Crippen molar-refractivity contribution < 1.29 is 0 Å². The van der Waals surface area contributed by atoms with Crippen LogP contribution < -0.4 is 5.32 Å². The van der Waals surface area contributed by atoms with Crippen LogP contribution in [0.4, 0.5) is 0 Å². The molecule has 138 valence electrons. The largest absolute Gasteiger partial charge is 0.311 e. The van der Waals surface area contributed by atoms with Crippen LogP contribution in [0.3, 0.4) is 0 Å². The number of halogens is 1. The Kier molecular flexibility index (Phi) is 6.03. The molecule has 27 heavy (non-hydrogen) atoms. The van der Waals surface area contributed by atoms with Gasteiger partial charge in [-0.05, 0) is 29.2 Å². The summed E-state index contributed by atoms with van der Waals surface area (Å²) in [6.07, 6.45) is 1.19. The van der Waals surface area contributed by atoms with Gasteiger partial charge in [-0.3, -0.25) is 4.90 Å². The van der Waals surface area contributed by atoms with Crippen LogP contribution in [-0.4, -0.2) is 17.5 Å². The van der Waals surface area contributed by atoms with E-state index in [0.29, 0.717) is 12.1 Å². The van der Waals surface area contributed by atoms with Gasteiger partial charge in [-0.15, -0.1) is 0 Å². The van der Waals surface area contributed by atoms with Gasteiger partial charge in [-0.1, -0.05) is 94.8 Å². The number of likely N-dealkylation sites (tertiary alicyclic amines) is 1. The normalized spacial score (nSPS) is 19.6. The number of hydrogen-bond acceptors (Lipinski definition) is 2. The van der Waals surface area contributed by atoms with Gasteiger partial charge >= 0.3 is 0 Å². The topological polar surface area (TPSA) is 15.3 Å². The SMILES string of the molecule is Brc1ccccc1[C@H]1C[C@@H](CNCc2ccccc2)N1Cc1ccccc1. The first-order valence-corrected chi connectivity index (χ1v) is 10.4. The van der Waals surface area contributed by atoms with Crippen molar-refractivity contribution in [1.29, 1.82) is 0 Å². The summed E-state index contributed by atoms with van der Waals surface area (Å²) in [5.74, 6) is 0. The van der Waals surface area contributed by atoms with E-state index in [4.69, 9.17) is 0 Å². The highest BCUT2D eigenvalue weighted by molar-refractivity contribution is 9.10. The second kappa shape index (κ2) is 8.83. The maximum Gasteiger partial charge on any atom is 0.0381 e. The first-order valence-electron chi connectivity index (χ1n) is 9.60. The summed E-state index contributed by atoms with van der Waals surface area (Å²) in [4.78, 5) is 2.63. The third-order valence-corrected chi connectivity index (χ3v) is 6.11. The van der Waals surface area contributed by atoms with E-state index in [1.165, 1.54) is 27.6 Å². The molecule has 1 N–H and O–H groups in total. The van der Waals surface area contributed by atoms with Crippen LogP contribution in [-0.2, 0) is 13.1 Å². The average molecular weight is 421 g/mol.